The molecule has 0 spiro atoms. The molecular weight excluding hydrogens is 568 g/mol. The van der Waals surface area contributed by atoms with Crippen molar-refractivity contribution in [2.75, 3.05) is 59.7 Å². The van der Waals surface area contributed by atoms with E-state index in [1.165, 1.54) is 0 Å². The third-order valence-electron chi connectivity index (χ3n) is 9.54. The van der Waals surface area contributed by atoms with Crippen LogP contribution in [0.5, 0.6) is 5.75 Å². The summed E-state index contributed by atoms with van der Waals surface area (Å²) in [6.45, 7) is 6.35. The highest BCUT2D eigenvalue weighted by Crippen LogP contribution is 2.39. The minimum absolute atomic E-state index is 0.00233. The largest absolute Gasteiger partial charge is 0.493 e. The predicted octanol–water partition coefficient (Wildman–Crippen LogP) is 5.40. The van der Waals surface area contributed by atoms with Crippen LogP contribution in [0.25, 0.3) is 21.7 Å². The van der Waals surface area contributed by atoms with E-state index in [1.807, 2.05) is 31.3 Å². The maximum Gasteiger partial charge on any atom is 0.352 e. The fourth-order valence-electron chi connectivity index (χ4n) is 7.40. The number of carboxylic acids is 1. The fourth-order valence-corrected chi connectivity index (χ4v) is 7.40. The van der Waals surface area contributed by atoms with E-state index in [4.69, 9.17) is 19.3 Å². The standard InChI is InChI=1S/C36H42N4O5/c1-38-31-24-44-19-5-4-16-40-34-27(12-7-13-29(34)33(31)30(37-38)23-39-17-21-43-22-18-39)28(35(40)36(41)42)14-8-20-45-32-15-6-10-25-9-2-3-11-26(25)32/h2-3,6-7,9-13,15,31,33H,4-5,8,14,16-24H2,1H3,(H,41,42). The summed E-state index contributed by atoms with van der Waals surface area (Å²) in [5, 5.41) is 21.1. The van der Waals surface area contributed by atoms with Gasteiger partial charge in [0.25, 0.3) is 0 Å². The number of aromatic nitrogens is 1. The number of nitrogens with zero attached hydrogens (tertiary/aromatic N) is 4. The predicted molar refractivity (Wildman–Crippen MR) is 176 cm³/mol. The summed E-state index contributed by atoms with van der Waals surface area (Å²) < 4.78 is 20.2. The number of morpholine rings is 1. The molecule has 1 aromatic heterocycles. The number of hydrogen-bond donors (Lipinski definition) is 1. The van der Waals surface area contributed by atoms with Crippen molar-refractivity contribution in [2.24, 2.45) is 5.10 Å². The zero-order valence-electron chi connectivity index (χ0n) is 26.0. The van der Waals surface area contributed by atoms with Crippen molar-refractivity contribution >= 4 is 33.4 Å². The Balaban J connectivity index is 1.24. The van der Waals surface area contributed by atoms with Crippen molar-refractivity contribution < 1.29 is 24.1 Å². The lowest BCUT2D eigenvalue weighted by molar-refractivity contribution is 0.0449. The molecule has 0 radical (unpaired) electrons. The molecule has 236 valence electrons. The van der Waals surface area contributed by atoms with E-state index in [0.29, 0.717) is 44.9 Å². The number of aromatic carboxylic acids is 1. The summed E-state index contributed by atoms with van der Waals surface area (Å²) in [5.41, 5.74) is 4.57. The van der Waals surface area contributed by atoms with E-state index in [9.17, 15) is 9.90 Å². The molecule has 0 bridgehead atoms. The van der Waals surface area contributed by atoms with E-state index < -0.39 is 5.97 Å². The Morgan fingerprint density at radius 1 is 0.956 bits per heavy atom. The van der Waals surface area contributed by atoms with Gasteiger partial charge in [-0.25, -0.2) is 4.79 Å². The number of para-hydroxylation sites is 1. The molecule has 2 atom stereocenters. The lowest BCUT2D eigenvalue weighted by Crippen LogP contribution is -2.42. The monoisotopic (exact) mass is 610 g/mol. The highest BCUT2D eigenvalue weighted by Gasteiger charge is 2.40. The van der Waals surface area contributed by atoms with Gasteiger partial charge in [0.15, 0.2) is 0 Å². The second-order valence-corrected chi connectivity index (χ2v) is 12.3. The number of likely N-dealkylation sites (N-methyl/N-ethyl adjacent to an activating group) is 1. The molecule has 7 rings (SSSR count). The van der Waals surface area contributed by atoms with E-state index in [0.717, 1.165) is 90.0 Å². The van der Waals surface area contributed by atoms with E-state index in [2.05, 4.69) is 50.9 Å². The van der Waals surface area contributed by atoms with Crippen molar-refractivity contribution in [3.63, 3.8) is 0 Å². The molecule has 9 heteroatoms. The van der Waals surface area contributed by atoms with Gasteiger partial charge in [-0.1, -0.05) is 54.6 Å². The van der Waals surface area contributed by atoms with Gasteiger partial charge < -0.3 is 23.9 Å². The number of hydrazone groups is 1. The van der Waals surface area contributed by atoms with Crippen molar-refractivity contribution in [1.82, 2.24) is 14.5 Å². The van der Waals surface area contributed by atoms with Gasteiger partial charge in [-0.05, 0) is 48.3 Å². The van der Waals surface area contributed by atoms with Gasteiger partial charge in [-0.15, -0.1) is 0 Å². The van der Waals surface area contributed by atoms with Crippen molar-refractivity contribution in [1.29, 1.82) is 0 Å². The van der Waals surface area contributed by atoms with Crippen LogP contribution in [0.15, 0.2) is 65.8 Å². The van der Waals surface area contributed by atoms with Crippen LogP contribution in [0.2, 0.25) is 0 Å². The Labute approximate surface area is 264 Å². The molecule has 3 aliphatic heterocycles. The second kappa shape index (κ2) is 13.2. The summed E-state index contributed by atoms with van der Waals surface area (Å²) in [6.07, 6.45) is 3.05. The molecular formula is C36H42N4O5. The lowest BCUT2D eigenvalue weighted by Gasteiger charge is -2.30. The molecule has 3 aromatic carbocycles. The fraction of sp³-hybridized carbons (Fsp3) is 0.444. The summed E-state index contributed by atoms with van der Waals surface area (Å²) in [7, 11) is 2.04. The van der Waals surface area contributed by atoms with E-state index in [-0.39, 0.29) is 12.0 Å². The molecule has 1 saturated heterocycles. The molecule has 4 heterocycles. The summed E-state index contributed by atoms with van der Waals surface area (Å²) in [5.74, 6) is -0.0237. The van der Waals surface area contributed by atoms with Crippen molar-refractivity contribution in [2.45, 2.75) is 44.2 Å². The quantitative estimate of drug-likeness (QED) is 0.267. The zero-order chi connectivity index (χ0) is 30.8. The van der Waals surface area contributed by atoms with Gasteiger partial charge >= 0.3 is 5.97 Å². The van der Waals surface area contributed by atoms with Crippen LogP contribution < -0.4 is 4.74 Å². The minimum atomic E-state index is -0.879. The lowest BCUT2D eigenvalue weighted by atomic mass is 9.86. The second-order valence-electron chi connectivity index (χ2n) is 12.3. The number of hydrogen-bond acceptors (Lipinski definition) is 7. The number of rotatable bonds is 8. The average molecular weight is 611 g/mol. The Hall–Kier alpha value is -3.92. The Morgan fingerprint density at radius 3 is 2.62 bits per heavy atom. The van der Waals surface area contributed by atoms with Gasteiger partial charge in [-0.3, -0.25) is 9.91 Å². The summed E-state index contributed by atoms with van der Waals surface area (Å²) in [6, 6.07) is 20.7. The first-order valence-corrected chi connectivity index (χ1v) is 16.3. The number of ether oxygens (including phenoxy) is 3. The van der Waals surface area contributed by atoms with Crippen LogP contribution >= 0.6 is 0 Å². The third kappa shape index (κ3) is 5.92. The Morgan fingerprint density at radius 2 is 1.76 bits per heavy atom. The smallest absolute Gasteiger partial charge is 0.352 e. The first kappa shape index (κ1) is 29.8. The van der Waals surface area contributed by atoms with Crippen LogP contribution in [-0.2, 0) is 22.4 Å². The maximum atomic E-state index is 13.0. The maximum absolute atomic E-state index is 13.0. The average Bonchev–Trinajstić information content (AvgIpc) is 3.53. The van der Waals surface area contributed by atoms with Crippen molar-refractivity contribution in [3.05, 3.63) is 77.5 Å². The number of carboxylic acid groups (broad SMARTS) is 1. The minimum Gasteiger partial charge on any atom is -0.493 e. The Bertz CT molecular complexity index is 1700. The zero-order valence-corrected chi connectivity index (χ0v) is 26.0. The third-order valence-corrected chi connectivity index (χ3v) is 9.54. The normalized spacial score (nSPS) is 21.0. The van der Waals surface area contributed by atoms with Gasteiger partial charge in [0.2, 0.25) is 0 Å². The van der Waals surface area contributed by atoms with Crippen molar-refractivity contribution in [3.8, 4) is 5.75 Å². The Kier molecular flexibility index (Phi) is 8.74. The molecule has 1 fully saturated rings. The van der Waals surface area contributed by atoms with E-state index >= 15 is 0 Å². The molecule has 0 aliphatic carbocycles. The number of aryl methyl sites for hydroxylation is 2. The van der Waals surface area contributed by atoms with Crippen LogP contribution in [0.3, 0.4) is 0 Å². The van der Waals surface area contributed by atoms with Gasteiger partial charge in [-0.2, -0.15) is 5.10 Å². The van der Waals surface area contributed by atoms with Gasteiger partial charge in [0.1, 0.15) is 11.4 Å². The SMILES string of the molecule is CN1N=C(CN2CCOCC2)C2c3cccc4c(CCCOc5cccc6ccccc56)c(C(=O)O)n(c34)CCCCOCC21. The molecule has 0 amide bonds. The van der Waals surface area contributed by atoms with Gasteiger partial charge in [0, 0.05) is 50.6 Å². The van der Waals surface area contributed by atoms with Crippen LogP contribution in [0.4, 0.5) is 0 Å². The van der Waals surface area contributed by atoms with Gasteiger partial charge in [0.05, 0.1) is 49.6 Å². The first-order chi connectivity index (χ1) is 22.1. The molecule has 4 aromatic rings. The molecule has 1 N–H and O–H groups in total. The van der Waals surface area contributed by atoms with Crippen LogP contribution in [-0.4, -0.2) is 97.0 Å². The summed E-state index contributed by atoms with van der Waals surface area (Å²) >= 11 is 0. The summed E-state index contributed by atoms with van der Waals surface area (Å²) in [4.78, 5) is 15.4. The molecule has 45 heavy (non-hydrogen) atoms. The first-order valence-electron chi connectivity index (χ1n) is 16.3. The number of benzene rings is 3. The van der Waals surface area contributed by atoms with Crippen LogP contribution in [0.1, 0.15) is 46.8 Å². The van der Waals surface area contributed by atoms with E-state index in [1.54, 1.807) is 0 Å². The molecule has 9 nitrogen and oxygen atoms in total. The molecule has 2 unspecified atom stereocenters. The molecule has 3 aliphatic rings. The molecule has 0 saturated carbocycles. The highest BCUT2D eigenvalue weighted by molar-refractivity contribution is 6.03. The number of fused-ring (bicyclic) bond motifs is 3. The van der Waals surface area contributed by atoms with Crippen LogP contribution in [0, 0.1) is 0 Å². The topological polar surface area (TPSA) is 88.8 Å². The number of carbonyl (C=O) groups is 1. The highest BCUT2D eigenvalue weighted by atomic mass is 16.5.